The molecule has 0 bridgehead atoms. The molecule has 1 heteroatoms. The number of anilines is 3. The van der Waals surface area contributed by atoms with Gasteiger partial charge in [0.05, 0.1) is 0 Å². The van der Waals surface area contributed by atoms with Crippen molar-refractivity contribution in [3.8, 4) is 0 Å². The number of para-hydroxylation sites is 1. The summed E-state index contributed by atoms with van der Waals surface area (Å²) in [6.07, 6.45) is 0. The molecular weight excluding hydrogens is 326 g/mol. The van der Waals surface area contributed by atoms with Crippen molar-refractivity contribution in [2.45, 2.75) is 26.2 Å². The van der Waals surface area contributed by atoms with Gasteiger partial charge in [-0.2, -0.15) is 0 Å². The van der Waals surface area contributed by atoms with Gasteiger partial charge in [-0.15, -0.1) is 0 Å². The summed E-state index contributed by atoms with van der Waals surface area (Å²) in [6.45, 7) is 6.75. The summed E-state index contributed by atoms with van der Waals surface area (Å²) in [5, 5.41) is 2.51. The van der Waals surface area contributed by atoms with Gasteiger partial charge in [0.25, 0.3) is 0 Å². The van der Waals surface area contributed by atoms with Crippen LogP contribution in [0.1, 0.15) is 26.3 Å². The van der Waals surface area contributed by atoms with Crippen LogP contribution in [0, 0.1) is 0 Å². The Hall–Kier alpha value is -3.06. The van der Waals surface area contributed by atoms with Gasteiger partial charge in [0.2, 0.25) is 0 Å². The van der Waals surface area contributed by atoms with Crippen molar-refractivity contribution in [3.63, 3.8) is 0 Å². The molecule has 134 valence electrons. The number of hydrogen-bond acceptors (Lipinski definition) is 1. The van der Waals surface area contributed by atoms with Gasteiger partial charge in [-0.05, 0) is 58.1 Å². The molecule has 27 heavy (non-hydrogen) atoms. The monoisotopic (exact) mass is 351 g/mol. The first-order chi connectivity index (χ1) is 13.0. The Bertz CT molecular complexity index is 1040. The first-order valence-electron chi connectivity index (χ1n) is 9.47. The third-order valence-corrected chi connectivity index (χ3v) is 5.00. The van der Waals surface area contributed by atoms with Crippen LogP contribution in [-0.2, 0) is 5.41 Å². The maximum absolute atomic E-state index is 2.32. The number of hydrogen-bond donors (Lipinski definition) is 0. The van der Waals surface area contributed by atoms with Crippen LogP contribution >= 0.6 is 0 Å². The van der Waals surface area contributed by atoms with E-state index in [0.717, 1.165) is 5.69 Å². The van der Waals surface area contributed by atoms with Gasteiger partial charge in [-0.25, -0.2) is 0 Å². The molecule has 0 atom stereocenters. The number of benzene rings is 4. The van der Waals surface area contributed by atoms with Gasteiger partial charge >= 0.3 is 0 Å². The highest BCUT2D eigenvalue weighted by atomic mass is 15.1. The third kappa shape index (κ3) is 3.59. The summed E-state index contributed by atoms with van der Waals surface area (Å²) < 4.78 is 0. The minimum Gasteiger partial charge on any atom is -0.310 e. The Kier molecular flexibility index (Phi) is 4.45. The second-order valence-corrected chi connectivity index (χ2v) is 8.00. The first kappa shape index (κ1) is 17.4. The summed E-state index contributed by atoms with van der Waals surface area (Å²) in [5.74, 6) is 0. The van der Waals surface area contributed by atoms with E-state index in [1.807, 2.05) is 0 Å². The van der Waals surface area contributed by atoms with Crippen LogP contribution < -0.4 is 4.90 Å². The van der Waals surface area contributed by atoms with Gasteiger partial charge in [0.1, 0.15) is 0 Å². The third-order valence-electron chi connectivity index (χ3n) is 5.00. The van der Waals surface area contributed by atoms with Crippen LogP contribution in [0.25, 0.3) is 10.8 Å². The topological polar surface area (TPSA) is 3.24 Å². The van der Waals surface area contributed by atoms with E-state index in [4.69, 9.17) is 0 Å². The van der Waals surface area contributed by atoms with Crippen LogP contribution in [0.2, 0.25) is 0 Å². The van der Waals surface area contributed by atoms with E-state index in [1.54, 1.807) is 0 Å². The van der Waals surface area contributed by atoms with Crippen LogP contribution in [0.15, 0.2) is 97.1 Å². The quantitative estimate of drug-likeness (QED) is 0.367. The Morgan fingerprint density at radius 3 is 1.74 bits per heavy atom. The number of rotatable bonds is 3. The summed E-state index contributed by atoms with van der Waals surface area (Å²) in [7, 11) is 0. The SMILES string of the molecule is CC(C)(C)c1ccc(N(c2ccccc2)c2ccc3ccccc3c2)cc1. The van der Waals surface area contributed by atoms with Gasteiger partial charge < -0.3 is 4.90 Å². The largest absolute Gasteiger partial charge is 0.310 e. The predicted octanol–water partition coefficient (Wildman–Crippen LogP) is 7.61. The maximum atomic E-state index is 2.32. The second kappa shape index (κ2) is 6.92. The summed E-state index contributed by atoms with van der Waals surface area (Å²) >= 11 is 0. The van der Waals surface area contributed by atoms with Gasteiger partial charge in [-0.3, -0.25) is 0 Å². The highest BCUT2D eigenvalue weighted by molar-refractivity contribution is 5.89. The average molecular weight is 351 g/mol. The fourth-order valence-corrected chi connectivity index (χ4v) is 3.45. The fourth-order valence-electron chi connectivity index (χ4n) is 3.45. The van der Waals surface area contributed by atoms with Crippen molar-refractivity contribution < 1.29 is 0 Å². The van der Waals surface area contributed by atoms with E-state index in [2.05, 4.69) is 123 Å². The second-order valence-electron chi connectivity index (χ2n) is 8.00. The van der Waals surface area contributed by atoms with Crippen LogP contribution in [0.4, 0.5) is 17.1 Å². The van der Waals surface area contributed by atoms with Crippen LogP contribution in [-0.4, -0.2) is 0 Å². The molecule has 0 aliphatic rings. The molecule has 0 aliphatic heterocycles. The molecule has 1 nitrogen and oxygen atoms in total. The smallest absolute Gasteiger partial charge is 0.0468 e. The van der Waals surface area contributed by atoms with Gasteiger partial charge in [0.15, 0.2) is 0 Å². The molecule has 0 heterocycles. The molecule has 0 radical (unpaired) electrons. The summed E-state index contributed by atoms with van der Waals surface area (Å²) in [4.78, 5) is 2.32. The zero-order chi connectivity index (χ0) is 18.9. The van der Waals surface area contributed by atoms with E-state index in [1.165, 1.54) is 27.7 Å². The summed E-state index contributed by atoms with van der Waals surface area (Å²) in [6, 6.07) is 34.7. The lowest BCUT2D eigenvalue weighted by molar-refractivity contribution is 0.590. The minimum atomic E-state index is 0.152. The molecule has 0 saturated heterocycles. The van der Waals surface area contributed by atoms with E-state index in [-0.39, 0.29) is 5.41 Å². The molecule has 0 N–H and O–H groups in total. The minimum absolute atomic E-state index is 0.152. The Morgan fingerprint density at radius 1 is 0.519 bits per heavy atom. The van der Waals surface area contributed by atoms with Crippen molar-refractivity contribution in [1.29, 1.82) is 0 Å². The molecular formula is C26H25N. The summed E-state index contributed by atoms with van der Waals surface area (Å²) in [5.41, 5.74) is 5.00. The van der Waals surface area contributed by atoms with E-state index in [9.17, 15) is 0 Å². The first-order valence-corrected chi connectivity index (χ1v) is 9.47. The Morgan fingerprint density at radius 2 is 1.07 bits per heavy atom. The van der Waals surface area contributed by atoms with Crippen molar-refractivity contribution >= 4 is 27.8 Å². The zero-order valence-corrected chi connectivity index (χ0v) is 16.2. The van der Waals surface area contributed by atoms with E-state index < -0.39 is 0 Å². The standard InChI is InChI=1S/C26H25N/c1-26(2,3)22-14-17-24(18-15-22)27(23-11-5-4-6-12-23)25-16-13-20-9-7-8-10-21(20)19-25/h4-19H,1-3H3. The fraction of sp³-hybridized carbons (Fsp3) is 0.154. The van der Waals surface area contributed by atoms with E-state index in [0.29, 0.717) is 0 Å². The van der Waals surface area contributed by atoms with Crippen molar-refractivity contribution in [3.05, 3.63) is 103 Å². The van der Waals surface area contributed by atoms with Crippen LogP contribution in [0.3, 0.4) is 0 Å². The van der Waals surface area contributed by atoms with Crippen LogP contribution in [0.5, 0.6) is 0 Å². The van der Waals surface area contributed by atoms with Gasteiger partial charge in [0, 0.05) is 17.1 Å². The molecule has 0 spiro atoms. The Balaban J connectivity index is 1.84. The molecule has 0 aliphatic carbocycles. The molecule has 4 aromatic rings. The van der Waals surface area contributed by atoms with E-state index >= 15 is 0 Å². The predicted molar refractivity (Wildman–Crippen MR) is 117 cm³/mol. The molecule has 0 fully saturated rings. The van der Waals surface area contributed by atoms with Crippen molar-refractivity contribution in [2.24, 2.45) is 0 Å². The average Bonchev–Trinajstić information content (AvgIpc) is 2.69. The Labute approximate surface area is 161 Å². The lowest BCUT2D eigenvalue weighted by atomic mass is 9.87. The molecule has 4 rings (SSSR count). The van der Waals surface area contributed by atoms with Crippen molar-refractivity contribution in [2.75, 3.05) is 4.90 Å². The molecule has 0 saturated carbocycles. The lowest BCUT2D eigenvalue weighted by Crippen LogP contribution is -2.13. The number of nitrogens with zero attached hydrogens (tertiary/aromatic N) is 1. The highest BCUT2D eigenvalue weighted by Crippen LogP contribution is 2.36. The maximum Gasteiger partial charge on any atom is 0.0468 e. The normalized spacial score (nSPS) is 11.5. The zero-order valence-electron chi connectivity index (χ0n) is 16.2. The van der Waals surface area contributed by atoms with Crippen molar-refractivity contribution in [1.82, 2.24) is 0 Å². The number of fused-ring (bicyclic) bond motifs is 1. The molecule has 0 unspecified atom stereocenters. The highest BCUT2D eigenvalue weighted by Gasteiger charge is 2.16. The van der Waals surface area contributed by atoms with Gasteiger partial charge in [-0.1, -0.05) is 81.4 Å². The molecule has 0 aromatic heterocycles. The molecule has 4 aromatic carbocycles. The lowest BCUT2D eigenvalue weighted by Gasteiger charge is -2.27. The molecule has 0 amide bonds.